The van der Waals surface area contributed by atoms with Gasteiger partial charge in [0.15, 0.2) is 0 Å². The molecule has 2 aliphatic rings. The largest absolute Gasteiger partial charge is 0.483 e. The molecule has 3 rings (SSSR count). The Morgan fingerprint density at radius 3 is 2.86 bits per heavy atom. The Morgan fingerprint density at radius 2 is 2.14 bits per heavy atom. The molecule has 22 heavy (non-hydrogen) atoms. The molecular formula is C14H15F2NO5. The summed E-state index contributed by atoms with van der Waals surface area (Å²) in [4.78, 5) is 19.8. The third-order valence-electron chi connectivity index (χ3n) is 3.79. The van der Waals surface area contributed by atoms with Crippen LogP contribution in [0.15, 0.2) is 18.2 Å². The van der Waals surface area contributed by atoms with Crippen molar-refractivity contribution in [3.8, 4) is 0 Å². The maximum Gasteiger partial charge on any atom is 0.407 e. The van der Waals surface area contributed by atoms with Gasteiger partial charge in [-0.3, -0.25) is 4.79 Å². The standard InChI is InChI=1S/C13H13F2NO3.CH2O2/c14-9-1-2-11(15)10(5-9)13-7-18-4-3-8(13)6-19-12(17)16-13;2-1-3/h1-2,5,8H,3-4,6-7H2,(H,16,17);1H,(H,2,3). The van der Waals surface area contributed by atoms with Crippen LogP contribution in [0.2, 0.25) is 0 Å². The highest BCUT2D eigenvalue weighted by molar-refractivity contribution is 5.70. The summed E-state index contributed by atoms with van der Waals surface area (Å²) >= 11 is 0. The molecule has 2 fully saturated rings. The van der Waals surface area contributed by atoms with E-state index in [1.165, 1.54) is 0 Å². The van der Waals surface area contributed by atoms with Crippen LogP contribution < -0.4 is 5.32 Å². The summed E-state index contributed by atoms with van der Waals surface area (Å²) < 4.78 is 37.8. The number of ether oxygens (including phenoxy) is 2. The minimum atomic E-state index is -1.04. The van der Waals surface area contributed by atoms with Gasteiger partial charge in [-0.05, 0) is 24.6 Å². The van der Waals surface area contributed by atoms with Gasteiger partial charge in [0.25, 0.3) is 6.47 Å². The molecule has 2 atom stereocenters. The fraction of sp³-hybridized carbons (Fsp3) is 0.429. The zero-order valence-corrected chi connectivity index (χ0v) is 11.6. The van der Waals surface area contributed by atoms with Crippen LogP contribution >= 0.6 is 0 Å². The molecule has 120 valence electrons. The van der Waals surface area contributed by atoms with Gasteiger partial charge >= 0.3 is 6.09 Å². The van der Waals surface area contributed by atoms with E-state index in [0.29, 0.717) is 13.0 Å². The van der Waals surface area contributed by atoms with E-state index in [0.717, 1.165) is 18.2 Å². The summed E-state index contributed by atoms with van der Waals surface area (Å²) in [5.74, 6) is -1.23. The Balaban J connectivity index is 0.000000545. The highest BCUT2D eigenvalue weighted by Gasteiger charge is 2.49. The highest BCUT2D eigenvalue weighted by Crippen LogP contribution is 2.39. The monoisotopic (exact) mass is 315 g/mol. The molecule has 8 heteroatoms. The first-order valence-electron chi connectivity index (χ1n) is 6.59. The summed E-state index contributed by atoms with van der Waals surface area (Å²) in [6.45, 7) is 0.570. The molecule has 2 N–H and O–H groups in total. The van der Waals surface area contributed by atoms with Gasteiger partial charge in [0, 0.05) is 18.1 Å². The predicted molar refractivity (Wildman–Crippen MR) is 70.1 cm³/mol. The van der Waals surface area contributed by atoms with Crippen LogP contribution in [-0.4, -0.2) is 37.5 Å². The van der Waals surface area contributed by atoms with E-state index in [-0.39, 0.29) is 31.2 Å². The Bertz CT molecular complexity index is 568. The van der Waals surface area contributed by atoms with Crippen molar-refractivity contribution in [3.63, 3.8) is 0 Å². The number of cyclic esters (lactones) is 1. The normalized spacial score (nSPS) is 26.6. The Labute approximate surface area is 125 Å². The van der Waals surface area contributed by atoms with E-state index in [1.807, 2.05) is 0 Å². The number of carboxylic acid groups (broad SMARTS) is 1. The summed E-state index contributed by atoms with van der Waals surface area (Å²) in [7, 11) is 0. The van der Waals surface area contributed by atoms with Crippen molar-refractivity contribution in [2.75, 3.05) is 19.8 Å². The maximum absolute atomic E-state index is 14.0. The van der Waals surface area contributed by atoms with E-state index >= 15 is 0 Å². The third kappa shape index (κ3) is 3.01. The molecule has 2 unspecified atom stereocenters. The van der Waals surface area contributed by atoms with Gasteiger partial charge in [0.1, 0.15) is 17.2 Å². The summed E-state index contributed by atoms with van der Waals surface area (Å²) in [6.07, 6.45) is -0.0126. The van der Waals surface area contributed by atoms with Crippen molar-refractivity contribution >= 4 is 12.6 Å². The van der Waals surface area contributed by atoms with E-state index in [1.54, 1.807) is 0 Å². The molecule has 1 aromatic carbocycles. The van der Waals surface area contributed by atoms with Crippen molar-refractivity contribution in [1.82, 2.24) is 5.32 Å². The minimum Gasteiger partial charge on any atom is -0.483 e. The topological polar surface area (TPSA) is 84.9 Å². The molecule has 2 aliphatic heterocycles. The number of carbonyl (C=O) groups is 2. The van der Waals surface area contributed by atoms with Crippen molar-refractivity contribution in [2.45, 2.75) is 12.0 Å². The molecule has 1 amide bonds. The Kier molecular flexibility index (Phi) is 4.92. The predicted octanol–water partition coefficient (Wildman–Crippen LogP) is 1.64. The van der Waals surface area contributed by atoms with Crippen molar-refractivity contribution in [1.29, 1.82) is 0 Å². The number of nitrogens with one attached hydrogen (secondary N) is 1. The first-order chi connectivity index (χ1) is 10.5. The minimum absolute atomic E-state index is 0.118. The Morgan fingerprint density at radius 1 is 1.41 bits per heavy atom. The smallest absolute Gasteiger partial charge is 0.407 e. The quantitative estimate of drug-likeness (QED) is 0.770. The van der Waals surface area contributed by atoms with Gasteiger partial charge in [0.05, 0.1) is 13.2 Å². The number of hydrogen-bond donors (Lipinski definition) is 2. The number of amides is 1. The zero-order chi connectivity index (χ0) is 16.2. The average molecular weight is 315 g/mol. The van der Waals surface area contributed by atoms with Gasteiger partial charge in [-0.15, -0.1) is 0 Å². The lowest BCUT2D eigenvalue weighted by atomic mass is 9.75. The summed E-state index contributed by atoms with van der Waals surface area (Å²) in [5.41, 5.74) is -0.923. The van der Waals surface area contributed by atoms with Crippen LogP contribution in [-0.2, 0) is 19.8 Å². The Hall–Kier alpha value is -2.22. The molecule has 6 nitrogen and oxygen atoms in total. The zero-order valence-electron chi connectivity index (χ0n) is 11.6. The second kappa shape index (κ2) is 6.69. The van der Waals surface area contributed by atoms with Crippen LogP contribution in [0, 0.1) is 17.6 Å². The fourth-order valence-corrected chi connectivity index (χ4v) is 2.79. The van der Waals surface area contributed by atoms with Gasteiger partial charge < -0.3 is 19.9 Å². The average Bonchev–Trinajstić information content (AvgIpc) is 2.50. The number of carbonyl (C=O) groups excluding carboxylic acids is 1. The fourth-order valence-electron chi connectivity index (χ4n) is 2.79. The van der Waals surface area contributed by atoms with Gasteiger partial charge in [-0.2, -0.15) is 0 Å². The molecule has 0 spiro atoms. The van der Waals surface area contributed by atoms with E-state index < -0.39 is 23.3 Å². The lowest BCUT2D eigenvalue weighted by Crippen LogP contribution is -2.61. The van der Waals surface area contributed by atoms with Crippen LogP contribution in [0.5, 0.6) is 0 Å². The molecule has 0 saturated carbocycles. The lowest BCUT2D eigenvalue weighted by molar-refractivity contribution is -0.122. The van der Waals surface area contributed by atoms with Gasteiger partial charge in [-0.1, -0.05) is 0 Å². The number of halogens is 2. The molecule has 0 aliphatic carbocycles. The molecule has 0 radical (unpaired) electrons. The van der Waals surface area contributed by atoms with Crippen LogP contribution in [0.3, 0.4) is 0 Å². The van der Waals surface area contributed by atoms with Gasteiger partial charge in [-0.25, -0.2) is 13.6 Å². The summed E-state index contributed by atoms with van der Waals surface area (Å²) in [5, 5.41) is 9.51. The second-order valence-electron chi connectivity index (χ2n) is 4.96. The number of hydrogen-bond acceptors (Lipinski definition) is 4. The number of benzene rings is 1. The van der Waals surface area contributed by atoms with E-state index in [2.05, 4.69) is 5.32 Å². The molecule has 0 bridgehead atoms. The third-order valence-corrected chi connectivity index (χ3v) is 3.79. The molecule has 2 saturated heterocycles. The van der Waals surface area contributed by atoms with Crippen LogP contribution in [0.4, 0.5) is 13.6 Å². The van der Waals surface area contributed by atoms with Crippen molar-refractivity contribution in [2.24, 2.45) is 5.92 Å². The number of alkyl carbamates (subject to hydrolysis) is 1. The molecule has 2 heterocycles. The first kappa shape index (κ1) is 16.2. The van der Waals surface area contributed by atoms with E-state index in [4.69, 9.17) is 19.4 Å². The van der Waals surface area contributed by atoms with Crippen LogP contribution in [0.25, 0.3) is 0 Å². The van der Waals surface area contributed by atoms with Crippen molar-refractivity contribution < 1.29 is 33.0 Å². The van der Waals surface area contributed by atoms with Crippen LogP contribution in [0.1, 0.15) is 12.0 Å². The lowest BCUT2D eigenvalue weighted by Gasteiger charge is -2.46. The number of fused-ring (bicyclic) bond motifs is 1. The SMILES string of the molecule is O=C1NC2(c3cc(F)ccc3F)COCCC2CO1.O=CO. The highest BCUT2D eigenvalue weighted by atomic mass is 19.1. The first-order valence-corrected chi connectivity index (χ1v) is 6.59. The van der Waals surface area contributed by atoms with Crippen molar-refractivity contribution in [3.05, 3.63) is 35.4 Å². The molecule has 0 aromatic heterocycles. The van der Waals surface area contributed by atoms with Gasteiger partial charge in [0.2, 0.25) is 0 Å². The molecular weight excluding hydrogens is 300 g/mol. The molecule has 1 aromatic rings. The summed E-state index contributed by atoms with van der Waals surface area (Å²) in [6, 6.07) is 3.23. The maximum atomic E-state index is 14.0. The number of rotatable bonds is 1. The second-order valence-corrected chi connectivity index (χ2v) is 4.96. The van der Waals surface area contributed by atoms with E-state index in [9.17, 15) is 13.6 Å².